The molecule has 1 N–H and O–H groups in total. The number of amides is 1. The fraction of sp³-hybridized carbons (Fsp3) is 0.188. The molecular formula is C16H14N4O5S. The summed E-state index contributed by atoms with van der Waals surface area (Å²) in [4.78, 5) is 39.0. The summed E-state index contributed by atoms with van der Waals surface area (Å²) in [6.07, 6.45) is 3.51. The number of benzene rings is 1. The first-order valence-electron chi connectivity index (χ1n) is 7.54. The number of nitrogens with zero attached hydrogens (tertiary/aromatic N) is 3. The molecule has 26 heavy (non-hydrogen) atoms. The van der Waals surface area contributed by atoms with E-state index >= 15 is 0 Å². The minimum atomic E-state index is -0.582. The number of rotatable bonds is 6. The summed E-state index contributed by atoms with van der Waals surface area (Å²) >= 11 is 1.45. The molecule has 0 unspecified atom stereocenters. The van der Waals surface area contributed by atoms with Gasteiger partial charge in [0.2, 0.25) is 0 Å². The van der Waals surface area contributed by atoms with Crippen molar-refractivity contribution in [1.82, 2.24) is 9.38 Å². The van der Waals surface area contributed by atoms with E-state index < -0.39 is 23.4 Å². The molecule has 3 aromatic rings. The fourth-order valence-corrected chi connectivity index (χ4v) is 2.97. The number of nitro benzene ring substituents is 1. The molecule has 9 nitrogen and oxygen atoms in total. The Labute approximate surface area is 151 Å². The predicted molar refractivity (Wildman–Crippen MR) is 94.2 cm³/mol. The highest BCUT2D eigenvalue weighted by molar-refractivity contribution is 7.15. The molecule has 2 aromatic heterocycles. The van der Waals surface area contributed by atoms with Gasteiger partial charge in [-0.05, 0) is 12.5 Å². The van der Waals surface area contributed by atoms with Crippen LogP contribution in [-0.2, 0) is 20.7 Å². The molecule has 0 fully saturated rings. The Morgan fingerprint density at radius 3 is 2.96 bits per heavy atom. The number of aryl methyl sites for hydroxylation is 1. The monoisotopic (exact) mass is 374 g/mol. The Morgan fingerprint density at radius 2 is 2.23 bits per heavy atom. The van der Waals surface area contributed by atoms with Crippen LogP contribution in [0.15, 0.2) is 36.0 Å². The summed E-state index contributed by atoms with van der Waals surface area (Å²) in [5.74, 6) is -1.16. The molecule has 3 rings (SSSR count). The van der Waals surface area contributed by atoms with Gasteiger partial charge in [0.1, 0.15) is 0 Å². The lowest BCUT2D eigenvalue weighted by atomic mass is 10.2. The lowest BCUT2D eigenvalue weighted by Gasteiger charge is -2.08. The van der Waals surface area contributed by atoms with Crippen LogP contribution in [0.4, 0.5) is 11.4 Å². The molecule has 0 aliphatic carbocycles. The summed E-state index contributed by atoms with van der Waals surface area (Å²) < 4.78 is 6.74. The highest BCUT2D eigenvalue weighted by Gasteiger charge is 2.14. The molecule has 0 aliphatic heterocycles. The number of imidazole rings is 1. The zero-order valence-electron chi connectivity index (χ0n) is 13.7. The van der Waals surface area contributed by atoms with Crippen LogP contribution in [0.1, 0.15) is 11.3 Å². The van der Waals surface area contributed by atoms with Crippen molar-refractivity contribution >= 4 is 39.5 Å². The smallest absolute Gasteiger partial charge is 0.312 e. The Hall–Kier alpha value is -3.27. The minimum Gasteiger partial charge on any atom is -0.455 e. The summed E-state index contributed by atoms with van der Waals surface area (Å²) in [6, 6.07) is 4.14. The standard InChI is InChI=1S/C16H14N4O5S/c1-10-2-3-12(20(23)24)7-13(10)18-14(21)9-25-15(22)6-11-8-19-4-5-26-16(19)17-11/h2-5,7-8H,6,9H2,1H3,(H,18,21). The zero-order chi connectivity index (χ0) is 18.7. The average molecular weight is 374 g/mol. The number of fused-ring (bicyclic) bond motifs is 1. The first kappa shape index (κ1) is 17.5. The van der Waals surface area contributed by atoms with Crippen LogP contribution in [0.5, 0.6) is 0 Å². The lowest BCUT2D eigenvalue weighted by Crippen LogP contribution is -2.22. The second kappa shape index (κ2) is 7.31. The first-order chi connectivity index (χ1) is 12.4. The third-order valence-corrected chi connectivity index (χ3v) is 4.31. The topological polar surface area (TPSA) is 116 Å². The van der Waals surface area contributed by atoms with E-state index in [1.807, 2.05) is 11.6 Å². The number of nitrogens with one attached hydrogen (secondary N) is 1. The zero-order valence-corrected chi connectivity index (χ0v) is 14.5. The Kier molecular flexibility index (Phi) is 4.94. The number of nitro groups is 1. The second-order valence-electron chi connectivity index (χ2n) is 5.47. The molecule has 0 atom stereocenters. The number of hydrogen-bond acceptors (Lipinski definition) is 7. The van der Waals surface area contributed by atoms with Crippen LogP contribution in [0.2, 0.25) is 0 Å². The van der Waals surface area contributed by atoms with Crippen molar-refractivity contribution in [2.45, 2.75) is 13.3 Å². The SMILES string of the molecule is Cc1ccc([N+](=O)[O-])cc1NC(=O)COC(=O)Cc1cn2ccsc2n1. The van der Waals surface area contributed by atoms with Gasteiger partial charge in [0, 0.05) is 29.9 Å². The average Bonchev–Trinajstić information content (AvgIpc) is 3.16. The van der Waals surface area contributed by atoms with E-state index in [0.29, 0.717) is 16.9 Å². The highest BCUT2D eigenvalue weighted by atomic mass is 32.1. The molecule has 10 heteroatoms. The Bertz CT molecular complexity index is 965. The quantitative estimate of drug-likeness (QED) is 0.402. The number of carbonyl (C=O) groups is 2. The van der Waals surface area contributed by atoms with Crippen molar-refractivity contribution in [3.8, 4) is 0 Å². The number of carbonyl (C=O) groups excluding carboxylic acids is 2. The van der Waals surface area contributed by atoms with Crippen LogP contribution in [0.25, 0.3) is 4.96 Å². The summed E-state index contributed by atoms with van der Waals surface area (Å²) in [7, 11) is 0. The van der Waals surface area contributed by atoms with Gasteiger partial charge in [0.05, 0.1) is 22.7 Å². The van der Waals surface area contributed by atoms with Crippen molar-refractivity contribution in [1.29, 1.82) is 0 Å². The molecule has 0 bridgehead atoms. The number of anilines is 1. The van der Waals surface area contributed by atoms with Crippen LogP contribution in [0, 0.1) is 17.0 Å². The third-order valence-electron chi connectivity index (χ3n) is 3.54. The van der Waals surface area contributed by atoms with E-state index in [0.717, 1.165) is 4.96 Å². The molecule has 0 saturated carbocycles. The molecule has 0 spiro atoms. The van der Waals surface area contributed by atoms with Gasteiger partial charge >= 0.3 is 5.97 Å². The number of non-ortho nitro benzene ring substituents is 1. The van der Waals surface area contributed by atoms with Gasteiger partial charge in [-0.2, -0.15) is 0 Å². The Morgan fingerprint density at radius 1 is 1.42 bits per heavy atom. The molecule has 0 radical (unpaired) electrons. The maximum Gasteiger partial charge on any atom is 0.312 e. The van der Waals surface area contributed by atoms with Crippen LogP contribution in [0.3, 0.4) is 0 Å². The van der Waals surface area contributed by atoms with Gasteiger partial charge in [0.25, 0.3) is 11.6 Å². The lowest BCUT2D eigenvalue weighted by molar-refractivity contribution is -0.384. The van der Waals surface area contributed by atoms with Gasteiger partial charge in [-0.3, -0.25) is 24.1 Å². The van der Waals surface area contributed by atoms with Crippen LogP contribution >= 0.6 is 11.3 Å². The van der Waals surface area contributed by atoms with Crippen LogP contribution < -0.4 is 5.32 Å². The van der Waals surface area contributed by atoms with Crippen molar-refractivity contribution < 1.29 is 19.2 Å². The second-order valence-corrected chi connectivity index (χ2v) is 6.34. The van der Waals surface area contributed by atoms with E-state index in [2.05, 4.69) is 10.3 Å². The molecule has 0 aliphatic rings. The highest BCUT2D eigenvalue weighted by Crippen LogP contribution is 2.21. The predicted octanol–water partition coefficient (Wildman–Crippen LogP) is 2.34. The summed E-state index contributed by atoms with van der Waals surface area (Å²) in [6.45, 7) is 1.22. The van der Waals surface area contributed by atoms with Gasteiger partial charge in [0.15, 0.2) is 11.6 Å². The van der Waals surface area contributed by atoms with E-state index in [4.69, 9.17) is 4.74 Å². The molecule has 1 aromatic carbocycles. The number of esters is 1. The summed E-state index contributed by atoms with van der Waals surface area (Å²) in [5, 5.41) is 15.2. The van der Waals surface area contributed by atoms with E-state index in [-0.39, 0.29) is 12.1 Å². The fourth-order valence-electron chi connectivity index (χ4n) is 2.25. The van der Waals surface area contributed by atoms with Gasteiger partial charge in [-0.1, -0.05) is 6.07 Å². The normalized spacial score (nSPS) is 10.7. The number of thiazole rings is 1. The maximum absolute atomic E-state index is 11.9. The number of hydrogen-bond donors (Lipinski definition) is 1. The minimum absolute atomic E-state index is 0.0441. The molecule has 0 saturated heterocycles. The van der Waals surface area contributed by atoms with E-state index in [1.54, 1.807) is 17.5 Å². The van der Waals surface area contributed by atoms with Crippen molar-refractivity contribution in [3.05, 3.63) is 57.3 Å². The molecule has 134 valence electrons. The molecule has 2 heterocycles. The van der Waals surface area contributed by atoms with Crippen molar-refractivity contribution in [3.63, 3.8) is 0 Å². The largest absolute Gasteiger partial charge is 0.455 e. The maximum atomic E-state index is 11.9. The van der Waals surface area contributed by atoms with Crippen LogP contribution in [-0.4, -0.2) is 32.8 Å². The number of aromatic nitrogens is 2. The number of ether oxygens (including phenoxy) is 1. The Balaban J connectivity index is 1.53. The third kappa shape index (κ3) is 4.03. The van der Waals surface area contributed by atoms with Gasteiger partial charge in [-0.15, -0.1) is 11.3 Å². The van der Waals surface area contributed by atoms with E-state index in [9.17, 15) is 19.7 Å². The van der Waals surface area contributed by atoms with Gasteiger partial charge in [-0.25, -0.2) is 4.98 Å². The van der Waals surface area contributed by atoms with Gasteiger partial charge < -0.3 is 10.1 Å². The molecular weight excluding hydrogens is 360 g/mol. The van der Waals surface area contributed by atoms with E-state index in [1.165, 1.54) is 29.5 Å². The summed E-state index contributed by atoms with van der Waals surface area (Å²) in [5.41, 5.74) is 1.38. The van der Waals surface area contributed by atoms with Crippen molar-refractivity contribution in [2.24, 2.45) is 0 Å². The van der Waals surface area contributed by atoms with Crippen molar-refractivity contribution in [2.75, 3.05) is 11.9 Å². The molecule has 1 amide bonds. The first-order valence-corrected chi connectivity index (χ1v) is 8.42.